The van der Waals surface area contributed by atoms with E-state index in [2.05, 4.69) is 10.6 Å². The predicted molar refractivity (Wildman–Crippen MR) is 184 cm³/mol. The number of ether oxygens (including phenoxy) is 3. The van der Waals surface area contributed by atoms with Crippen LogP contribution in [0.25, 0.3) is 0 Å². The maximum Gasteiger partial charge on any atom is 0.347 e. The number of nitrogens with one attached hydrogen (secondary N) is 2. The van der Waals surface area contributed by atoms with E-state index in [1.54, 1.807) is 63.2 Å². The van der Waals surface area contributed by atoms with E-state index in [9.17, 15) is 24.3 Å². The van der Waals surface area contributed by atoms with Crippen molar-refractivity contribution in [2.24, 2.45) is 17.3 Å². The molecule has 10 nitrogen and oxygen atoms in total. The number of aliphatic hydroxyl groups excluding tert-OH is 1. The number of esters is 2. The Hall–Kier alpha value is -3.60. The summed E-state index contributed by atoms with van der Waals surface area (Å²) in [6.45, 7) is 8.49. The van der Waals surface area contributed by atoms with Gasteiger partial charge in [-0.3, -0.25) is 14.4 Å². The molecule has 2 aromatic rings. The van der Waals surface area contributed by atoms with Crippen LogP contribution in [0.3, 0.4) is 0 Å². The summed E-state index contributed by atoms with van der Waals surface area (Å²) in [6, 6.07) is 13.0. The Morgan fingerprint density at radius 3 is 2.35 bits per heavy atom. The first-order chi connectivity index (χ1) is 22.6. The van der Waals surface area contributed by atoms with Gasteiger partial charge in [-0.05, 0) is 55.5 Å². The molecule has 0 radical (unpaired) electrons. The van der Waals surface area contributed by atoms with E-state index in [-0.39, 0.29) is 31.7 Å². The molecule has 2 amide bonds. The summed E-state index contributed by atoms with van der Waals surface area (Å²) in [5, 5.41) is 16.3. The fourth-order valence-electron chi connectivity index (χ4n) is 5.14. The molecule has 3 N–H and O–H groups in total. The summed E-state index contributed by atoms with van der Waals surface area (Å²) in [7, 11) is 1.49. The van der Waals surface area contributed by atoms with Gasteiger partial charge in [-0.2, -0.15) is 0 Å². The van der Waals surface area contributed by atoms with Gasteiger partial charge in [0.25, 0.3) is 0 Å². The number of carbonyl (C=O) groups excluding carboxylic acids is 4. The van der Waals surface area contributed by atoms with E-state index in [0.29, 0.717) is 21.9 Å². The highest BCUT2D eigenvalue weighted by Gasteiger charge is 2.38. The lowest BCUT2D eigenvalue weighted by atomic mass is 9.90. The Bertz CT molecular complexity index is 1450. The molecule has 0 bridgehead atoms. The first-order valence-corrected chi connectivity index (χ1v) is 16.8. The highest BCUT2D eigenvalue weighted by atomic mass is 35.5. The third-order valence-electron chi connectivity index (χ3n) is 8.19. The fraction of sp³-hybridized carbons (Fsp3) is 0.500. The molecule has 48 heavy (non-hydrogen) atoms. The van der Waals surface area contributed by atoms with Crippen LogP contribution in [-0.2, 0) is 35.1 Å². The summed E-state index contributed by atoms with van der Waals surface area (Å²) in [6.07, 6.45) is -0.287. The third-order valence-corrected chi connectivity index (χ3v) is 9.00. The van der Waals surface area contributed by atoms with Crippen molar-refractivity contribution in [3.8, 4) is 5.75 Å². The number of benzene rings is 2. The number of alkyl halides is 1. The molecule has 0 saturated heterocycles. The van der Waals surface area contributed by atoms with Crippen LogP contribution in [0.4, 0.5) is 0 Å². The molecule has 2 aromatic carbocycles. The van der Waals surface area contributed by atoms with E-state index in [4.69, 9.17) is 37.4 Å². The Kier molecular flexibility index (Phi) is 14.3. The van der Waals surface area contributed by atoms with Crippen molar-refractivity contribution in [3.63, 3.8) is 0 Å². The van der Waals surface area contributed by atoms with E-state index >= 15 is 0 Å². The van der Waals surface area contributed by atoms with Gasteiger partial charge in [0.15, 0.2) is 6.10 Å². The van der Waals surface area contributed by atoms with Gasteiger partial charge in [0.1, 0.15) is 17.9 Å². The Morgan fingerprint density at radius 1 is 1.04 bits per heavy atom. The number of cyclic esters (lactones) is 2. The van der Waals surface area contributed by atoms with Gasteiger partial charge in [0.2, 0.25) is 11.8 Å². The zero-order valence-corrected chi connectivity index (χ0v) is 29.7. The standard InChI is InChI=1S/C36H46Cl2N2O8/c1-21(2)17-29-34(44)47-27(22(3)32(42)31(38)24-11-8-7-9-12-24)13-10-14-30(41)40-26(19-23-15-16-28(46-6)25(37)18-23)33(43)39-20-36(4,5)35(45)48-29/h7-12,14-16,18,21-22,26-27,29,31-32,42H,13,17,19-20H2,1-6H3,(H,39,43)(H,40,41)/b14-10+/t22-,26+,27-,29?,31+,32-/m0/s1. The molecule has 6 atom stereocenters. The molecule has 0 spiro atoms. The molecular weight excluding hydrogens is 659 g/mol. The fourth-order valence-corrected chi connectivity index (χ4v) is 5.79. The van der Waals surface area contributed by atoms with Gasteiger partial charge in [0, 0.05) is 25.3 Å². The van der Waals surface area contributed by atoms with Crippen LogP contribution in [0, 0.1) is 17.3 Å². The molecule has 12 heteroatoms. The number of amides is 2. The zero-order valence-electron chi connectivity index (χ0n) is 28.2. The lowest BCUT2D eigenvalue weighted by molar-refractivity contribution is -0.180. The molecular formula is C36H46Cl2N2O8. The predicted octanol–water partition coefficient (Wildman–Crippen LogP) is 5.33. The van der Waals surface area contributed by atoms with Crippen molar-refractivity contribution >= 4 is 47.0 Å². The maximum atomic E-state index is 13.6. The molecule has 1 aliphatic heterocycles. The highest BCUT2D eigenvalue weighted by Crippen LogP contribution is 2.32. The lowest BCUT2D eigenvalue weighted by Crippen LogP contribution is -2.51. The van der Waals surface area contributed by atoms with Crippen LogP contribution in [0.5, 0.6) is 5.75 Å². The summed E-state index contributed by atoms with van der Waals surface area (Å²) in [5.74, 6) is -2.87. The number of methoxy groups -OCH3 is 1. The topological polar surface area (TPSA) is 140 Å². The van der Waals surface area contributed by atoms with Gasteiger partial charge in [-0.15, -0.1) is 11.6 Å². The van der Waals surface area contributed by atoms with Crippen molar-refractivity contribution in [2.45, 2.75) is 83.6 Å². The summed E-state index contributed by atoms with van der Waals surface area (Å²) >= 11 is 13.0. The van der Waals surface area contributed by atoms with Gasteiger partial charge in [-0.25, -0.2) is 4.79 Å². The van der Waals surface area contributed by atoms with Crippen LogP contribution in [0.2, 0.25) is 5.02 Å². The minimum absolute atomic E-state index is 0.0224. The second-order valence-corrected chi connectivity index (χ2v) is 14.0. The van der Waals surface area contributed by atoms with Crippen LogP contribution in [-0.4, -0.2) is 66.9 Å². The van der Waals surface area contributed by atoms with Crippen LogP contribution in [0.15, 0.2) is 60.7 Å². The quantitative estimate of drug-likeness (QED) is 0.235. The molecule has 0 aromatic heterocycles. The Balaban J connectivity index is 1.96. The van der Waals surface area contributed by atoms with Gasteiger partial charge in [0.05, 0.1) is 29.0 Å². The smallest absolute Gasteiger partial charge is 0.347 e. The third kappa shape index (κ3) is 11.0. The maximum absolute atomic E-state index is 13.6. The lowest BCUT2D eigenvalue weighted by Gasteiger charge is -2.32. The Morgan fingerprint density at radius 2 is 1.73 bits per heavy atom. The number of rotatable bonds is 9. The van der Waals surface area contributed by atoms with Gasteiger partial charge >= 0.3 is 11.9 Å². The van der Waals surface area contributed by atoms with Crippen molar-refractivity contribution in [3.05, 3.63) is 76.8 Å². The van der Waals surface area contributed by atoms with Crippen molar-refractivity contribution in [1.29, 1.82) is 0 Å². The molecule has 0 saturated carbocycles. The summed E-state index contributed by atoms with van der Waals surface area (Å²) in [4.78, 5) is 53.6. The molecule has 0 aliphatic carbocycles. The second-order valence-electron chi connectivity index (χ2n) is 13.1. The normalized spacial score (nSPS) is 23.6. The average Bonchev–Trinajstić information content (AvgIpc) is 3.04. The van der Waals surface area contributed by atoms with Gasteiger partial charge < -0.3 is 30.0 Å². The number of aliphatic hydroxyl groups is 1. The molecule has 3 rings (SSSR count). The summed E-state index contributed by atoms with van der Waals surface area (Å²) < 4.78 is 16.9. The number of halogens is 2. The number of hydrogen-bond acceptors (Lipinski definition) is 8. The zero-order chi connectivity index (χ0) is 35.6. The van der Waals surface area contributed by atoms with E-state index in [1.165, 1.54) is 19.3 Å². The van der Waals surface area contributed by atoms with Crippen LogP contribution >= 0.6 is 23.2 Å². The molecule has 0 fully saturated rings. The largest absolute Gasteiger partial charge is 0.495 e. The number of carbonyl (C=O) groups is 4. The van der Waals surface area contributed by atoms with E-state index < -0.39 is 64.8 Å². The SMILES string of the molecule is COc1ccc(C[C@H]2NC(=O)/C=C/C[C@@H]([C@H](C)[C@H](O)[C@H](Cl)c3ccccc3)OC(=O)C(CC(C)C)OC(=O)C(C)(C)CNC2=O)cc1Cl. The minimum Gasteiger partial charge on any atom is -0.495 e. The first kappa shape index (κ1) is 38.8. The Labute approximate surface area is 292 Å². The number of hydrogen-bond donors (Lipinski definition) is 3. The minimum atomic E-state index is -1.25. The van der Waals surface area contributed by atoms with Crippen LogP contribution < -0.4 is 15.4 Å². The monoisotopic (exact) mass is 704 g/mol. The molecule has 1 heterocycles. The first-order valence-electron chi connectivity index (χ1n) is 16.0. The van der Waals surface area contributed by atoms with E-state index in [1.807, 2.05) is 19.9 Å². The molecule has 1 unspecified atom stereocenters. The molecule has 262 valence electrons. The van der Waals surface area contributed by atoms with Crippen molar-refractivity contribution in [2.75, 3.05) is 13.7 Å². The second kappa shape index (κ2) is 17.7. The van der Waals surface area contributed by atoms with Crippen LogP contribution in [0.1, 0.15) is 64.0 Å². The van der Waals surface area contributed by atoms with Crippen molar-refractivity contribution in [1.82, 2.24) is 10.6 Å². The average molecular weight is 706 g/mol. The van der Waals surface area contributed by atoms with Gasteiger partial charge in [-0.1, -0.05) is 74.8 Å². The van der Waals surface area contributed by atoms with Crippen molar-refractivity contribution < 1.29 is 38.5 Å². The highest BCUT2D eigenvalue weighted by molar-refractivity contribution is 6.32. The summed E-state index contributed by atoms with van der Waals surface area (Å²) in [5.41, 5.74) is 0.104. The molecule has 1 aliphatic rings. The van der Waals surface area contributed by atoms with E-state index in [0.717, 1.165) is 0 Å².